The average molecular weight is 319 g/mol. The van der Waals surface area contributed by atoms with Gasteiger partial charge in [-0.25, -0.2) is 4.79 Å². The molecule has 1 saturated heterocycles. The topological polar surface area (TPSA) is 55.6 Å². The summed E-state index contributed by atoms with van der Waals surface area (Å²) >= 11 is 0. The Morgan fingerprint density at radius 3 is 2.61 bits per heavy atom. The normalized spacial score (nSPS) is 20.2. The Balaban J connectivity index is 1.70. The molecule has 0 aliphatic carbocycles. The molecule has 0 bridgehead atoms. The van der Waals surface area contributed by atoms with Crippen LogP contribution in [0.15, 0.2) is 30.3 Å². The number of ether oxygens (including phenoxy) is 2. The summed E-state index contributed by atoms with van der Waals surface area (Å²) in [5, 5.41) is 0. The third-order valence-electron chi connectivity index (χ3n) is 3.71. The average Bonchev–Trinajstić information content (AvgIpc) is 3.22. The molecule has 5 nitrogen and oxygen atoms in total. The van der Waals surface area contributed by atoms with E-state index in [1.807, 2.05) is 51.1 Å². The van der Waals surface area contributed by atoms with E-state index in [2.05, 4.69) is 0 Å². The van der Waals surface area contributed by atoms with Crippen LogP contribution in [0, 0.1) is 0 Å². The second-order valence-electron chi connectivity index (χ2n) is 6.93. The first-order valence-electron chi connectivity index (χ1n) is 7.95. The van der Waals surface area contributed by atoms with E-state index in [0.29, 0.717) is 26.2 Å². The molecule has 1 aromatic carbocycles. The van der Waals surface area contributed by atoms with Gasteiger partial charge >= 0.3 is 6.09 Å². The van der Waals surface area contributed by atoms with Gasteiger partial charge in [-0.2, -0.15) is 0 Å². The molecule has 2 rings (SSSR count). The highest BCUT2D eigenvalue weighted by Gasteiger charge is 2.56. The van der Waals surface area contributed by atoms with Gasteiger partial charge in [-0.15, -0.1) is 0 Å². The Hall–Kier alpha value is -1.88. The molecule has 0 unspecified atom stereocenters. The SMILES string of the molecule is CC(C)(C)OC(=O)N1C[C@]1(C=O)CCCOCc1ccccc1. The Morgan fingerprint density at radius 2 is 2.00 bits per heavy atom. The maximum atomic E-state index is 12.0. The van der Waals surface area contributed by atoms with Crippen molar-refractivity contribution in [1.82, 2.24) is 4.90 Å². The van der Waals surface area contributed by atoms with Gasteiger partial charge in [0.2, 0.25) is 0 Å². The fourth-order valence-corrected chi connectivity index (χ4v) is 2.42. The predicted octanol–water partition coefficient (Wildman–Crippen LogP) is 3.17. The van der Waals surface area contributed by atoms with E-state index >= 15 is 0 Å². The monoisotopic (exact) mass is 319 g/mol. The molecule has 1 amide bonds. The number of carbonyl (C=O) groups is 2. The summed E-state index contributed by atoms with van der Waals surface area (Å²) in [6, 6.07) is 9.94. The van der Waals surface area contributed by atoms with Crippen LogP contribution < -0.4 is 0 Å². The molecular weight excluding hydrogens is 294 g/mol. The first-order chi connectivity index (χ1) is 10.9. The number of aldehydes is 1. The van der Waals surface area contributed by atoms with Gasteiger partial charge in [0.15, 0.2) is 0 Å². The van der Waals surface area contributed by atoms with Crippen molar-refractivity contribution >= 4 is 12.4 Å². The third-order valence-corrected chi connectivity index (χ3v) is 3.71. The Morgan fingerprint density at radius 1 is 1.30 bits per heavy atom. The molecule has 1 heterocycles. The Bertz CT molecular complexity index is 538. The standard InChI is InChI=1S/C18H25NO4/c1-17(2,3)23-16(21)19-13-18(19,14-20)10-7-11-22-12-15-8-5-4-6-9-15/h4-6,8-9,14H,7,10-13H2,1-3H3/t18-,19?/m0/s1. The molecule has 23 heavy (non-hydrogen) atoms. The van der Waals surface area contributed by atoms with Crippen LogP contribution in [0.4, 0.5) is 4.79 Å². The zero-order chi connectivity index (χ0) is 16.9. The number of nitrogens with zero attached hydrogens (tertiary/aromatic N) is 1. The fraction of sp³-hybridized carbons (Fsp3) is 0.556. The molecule has 0 aromatic heterocycles. The van der Waals surface area contributed by atoms with Gasteiger partial charge in [-0.1, -0.05) is 30.3 Å². The van der Waals surface area contributed by atoms with Crippen LogP contribution in [-0.2, 0) is 20.9 Å². The highest BCUT2D eigenvalue weighted by Crippen LogP contribution is 2.36. The molecule has 126 valence electrons. The van der Waals surface area contributed by atoms with Crippen LogP contribution in [0.5, 0.6) is 0 Å². The Labute approximate surface area is 137 Å². The zero-order valence-electron chi connectivity index (χ0n) is 14.1. The van der Waals surface area contributed by atoms with Gasteiger partial charge < -0.3 is 14.3 Å². The Kier molecular flexibility index (Phi) is 5.42. The van der Waals surface area contributed by atoms with Crippen molar-refractivity contribution in [2.75, 3.05) is 13.2 Å². The smallest absolute Gasteiger partial charge is 0.411 e. The molecule has 0 saturated carbocycles. The lowest BCUT2D eigenvalue weighted by Gasteiger charge is -2.21. The van der Waals surface area contributed by atoms with Crippen LogP contribution >= 0.6 is 0 Å². The summed E-state index contributed by atoms with van der Waals surface area (Å²) in [6.45, 7) is 7.00. The molecule has 1 aromatic rings. The lowest BCUT2D eigenvalue weighted by Crippen LogP contribution is -2.32. The van der Waals surface area contributed by atoms with E-state index in [4.69, 9.17) is 9.47 Å². The van der Waals surface area contributed by atoms with Crippen molar-refractivity contribution in [2.45, 2.75) is 51.4 Å². The van der Waals surface area contributed by atoms with E-state index in [1.54, 1.807) is 0 Å². The lowest BCUT2D eigenvalue weighted by atomic mass is 10.1. The third kappa shape index (κ3) is 5.06. The fourth-order valence-electron chi connectivity index (χ4n) is 2.42. The maximum absolute atomic E-state index is 12.0. The lowest BCUT2D eigenvalue weighted by molar-refractivity contribution is -0.111. The van der Waals surface area contributed by atoms with Gasteiger partial charge in [0, 0.05) is 6.61 Å². The summed E-state index contributed by atoms with van der Waals surface area (Å²) < 4.78 is 10.9. The summed E-state index contributed by atoms with van der Waals surface area (Å²) in [4.78, 5) is 24.8. The van der Waals surface area contributed by atoms with Gasteiger partial charge in [0.1, 0.15) is 17.4 Å². The van der Waals surface area contributed by atoms with Crippen LogP contribution in [-0.4, -0.2) is 41.6 Å². The first-order valence-corrected chi connectivity index (χ1v) is 7.95. The predicted molar refractivity (Wildman–Crippen MR) is 87.1 cm³/mol. The van der Waals surface area contributed by atoms with Crippen LogP contribution in [0.3, 0.4) is 0 Å². The number of rotatable bonds is 7. The quantitative estimate of drug-likeness (QED) is 0.440. The minimum absolute atomic E-state index is 0.421. The summed E-state index contributed by atoms with van der Waals surface area (Å²) in [7, 11) is 0. The van der Waals surface area contributed by atoms with Crippen LogP contribution in [0.25, 0.3) is 0 Å². The van der Waals surface area contributed by atoms with Crippen molar-refractivity contribution in [2.24, 2.45) is 0 Å². The summed E-state index contributed by atoms with van der Waals surface area (Å²) in [6.07, 6.45) is 1.76. The van der Waals surface area contributed by atoms with Crippen LogP contribution in [0.1, 0.15) is 39.2 Å². The number of carbonyl (C=O) groups excluding carboxylic acids is 2. The van der Waals surface area contributed by atoms with Crippen molar-refractivity contribution in [3.8, 4) is 0 Å². The van der Waals surface area contributed by atoms with E-state index < -0.39 is 17.2 Å². The summed E-state index contributed by atoms with van der Waals surface area (Å²) in [5.74, 6) is 0. The van der Waals surface area contributed by atoms with Crippen molar-refractivity contribution in [3.63, 3.8) is 0 Å². The molecule has 5 heteroatoms. The maximum Gasteiger partial charge on any atom is 0.411 e. The zero-order valence-corrected chi connectivity index (χ0v) is 14.1. The second-order valence-corrected chi connectivity index (χ2v) is 6.93. The number of amides is 1. The van der Waals surface area contributed by atoms with Crippen molar-refractivity contribution in [1.29, 1.82) is 0 Å². The summed E-state index contributed by atoms with van der Waals surface area (Å²) in [5.41, 5.74) is -0.120. The van der Waals surface area contributed by atoms with Crippen molar-refractivity contribution in [3.05, 3.63) is 35.9 Å². The highest BCUT2D eigenvalue weighted by molar-refractivity contribution is 5.83. The van der Waals surface area contributed by atoms with E-state index in [9.17, 15) is 9.59 Å². The largest absolute Gasteiger partial charge is 0.444 e. The van der Waals surface area contributed by atoms with E-state index in [-0.39, 0.29) is 0 Å². The number of benzene rings is 1. The first kappa shape index (κ1) is 17.5. The molecular formula is C18H25NO4. The van der Waals surface area contributed by atoms with Gasteiger partial charge in [0.05, 0.1) is 13.2 Å². The molecule has 1 atom stereocenters. The molecule has 1 aliphatic rings. The molecule has 0 spiro atoms. The van der Waals surface area contributed by atoms with Crippen molar-refractivity contribution < 1.29 is 19.1 Å². The van der Waals surface area contributed by atoms with E-state index in [0.717, 1.165) is 18.3 Å². The number of hydrogen-bond donors (Lipinski definition) is 0. The molecule has 0 radical (unpaired) electrons. The van der Waals surface area contributed by atoms with Gasteiger partial charge in [-0.05, 0) is 39.2 Å². The van der Waals surface area contributed by atoms with E-state index in [1.165, 1.54) is 4.90 Å². The highest BCUT2D eigenvalue weighted by atomic mass is 16.6. The number of hydrogen-bond acceptors (Lipinski definition) is 4. The molecule has 0 N–H and O–H groups in total. The minimum atomic E-state index is -0.696. The van der Waals surface area contributed by atoms with Crippen LogP contribution in [0.2, 0.25) is 0 Å². The second kappa shape index (κ2) is 7.13. The van der Waals surface area contributed by atoms with Gasteiger partial charge in [0.25, 0.3) is 0 Å². The molecule has 1 fully saturated rings. The van der Waals surface area contributed by atoms with Gasteiger partial charge in [-0.3, -0.25) is 4.90 Å². The molecule has 1 aliphatic heterocycles. The minimum Gasteiger partial charge on any atom is -0.444 e.